The van der Waals surface area contributed by atoms with Crippen molar-refractivity contribution in [2.24, 2.45) is 5.92 Å². The van der Waals surface area contributed by atoms with Gasteiger partial charge < -0.3 is 10.2 Å². The Kier molecular flexibility index (Phi) is 6.42. The summed E-state index contributed by atoms with van der Waals surface area (Å²) in [6.07, 6.45) is 2.36. The minimum atomic E-state index is 0.0300. The van der Waals surface area contributed by atoms with Crippen LogP contribution >= 0.6 is 11.8 Å². The molecule has 1 amide bonds. The van der Waals surface area contributed by atoms with Gasteiger partial charge in [0.2, 0.25) is 11.9 Å². The Hall–Kier alpha value is -2.02. The van der Waals surface area contributed by atoms with Crippen molar-refractivity contribution in [3.63, 3.8) is 0 Å². The molecular formula is C20H29N5OS. The summed E-state index contributed by atoms with van der Waals surface area (Å²) in [5, 5.41) is 12.7. The van der Waals surface area contributed by atoms with E-state index in [2.05, 4.69) is 70.0 Å². The molecule has 2 aromatic rings. The lowest BCUT2D eigenvalue weighted by molar-refractivity contribution is -0.119. The van der Waals surface area contributed by atoms with Gasteiger partial charge in [-0.05, 0) is 44.7 Å². The maximum absolute atomic E-state index is 12.3. The first-order valence-electron chi connectivity index (χ1n) is 9.65. The fourth-order valence-electron chi connectivity index (χ4n) is 2.99. The molecule has 1 aliphatic heterocycles. The van der Waals surface area contributed by atoms with Crippen LogP contribution in [-0.4, -0.2) is 45.6 Å². The lowest BCUT2D eigenvalue weighted by atomic mass is 10.1. The van der Waals surface area contributed by atoms with E-state index in [1.165, 1.54) is 30.2 Å². The van der Waals surface area contributed by atoms with Crippen molar-refractivity contribution in [1.29, 1.82) is 0 Å². The SMILES string of the molecule is Cc1ccc(-n2c(SCC(=O)N[C@H](C)C(C)C)nnc2N2CCCC2)cc1. The van der Waals surface area contributed by atoms with Gasteiger partial charge in [0.15, 0.2) is 5.16 Å². The van der Waals surface area contributed by atoms with Crippen LogP contribution in [0.3, 0.4) is 0 Å². The fraction of sp³-hybridized carbons (Fsp3) is 0.550. The van der Waals surface area contributed by atoms with Crippen molar-refractivity contribution >= 4 is 23.6 Å². The summed E-state index contributed by atoms with van der Waals surface area (Å²) in [4.78, 5) is 14.6. The second-order valence-electron chi connectivity index (χ2n) is 7.54. The third-order valence-electron chi connectivity index (χ3n) is 5.02. The van der Waals surface area contributed by atoms with Crippen molar-refractivity contribution in [2.75, 3.05) is 23.7 Å². The van der Waals surface area contributed by atoms with Gasteiger partial charge in [0.1, 0.15) is 0 Å². The van der Waals surface area contributed by atoms with Crippen molar-refractivity contribution in [3.8, 4) is 5.69 Å². The number of anilines is 1. The lowest BCUT2D eigenvalue weighted by Gasteiger charge is -2.19. The van der Waals surface area contributed by atoms with E-state index in [4.69, 9.17) is 0 Å². The molecule has 3 rings (SSSR count). The number of thioether (sulfide) groups is 1. The summed E-state index contributed by atoms with van der Waals surface area (Å²) >= 11 is 1.44. The highest BCUT2D eigenvalue weighted by molar-refractivity contribution is 7.99. The van der Waals surface area contributed by atoms with Crippen molar-refractivity contribution in [1.82, 2.24) is 20.1 Å². The van der Waals surface area contributed by atoms with Crippen molar-refractivity contribution in [3.05, 3.63) is 29.8 Å². The molecule has 0 aliphatic carbocycles. The Morgan fingerprint density at radius 2 is 1.81 bits per heavy atom. The quantitative estimate of drug-likeness (QED) is 0.738. The lowest BCUT2D eigenvalue weighted by Crippen LogP contribution is -2.37. The number of nitrogens with zero attached hydrogens (tertiary/aromatic N) is 4. The molecule has 0 bridgehead atoms. The van der Waals surface area contributed by atoms with Crippen LogP contribution in [0.2, 0.25) is 0 Å². The Morgan fingerprint density at radius 1 is 1.15 bits per heavy atom. The molecule has 1 N–H and O–H groups in total. The number of carbonyl (C=O) groups is 1. The molecule has 6 nitrogen and oxygen atoms in total. The third-order valence-corrected chi connectivity index (χ3v) is 5.95. The molecule has 0 saturated carbocycles. The zero-order valence-corrected chi connectivity index (χ0v) is 17.4. The number of aromatic nitrogens is 3. The number of nitrogens with one attached hydrogen (secondary N) is 1. The van der Waals surface area contributed by atoms with Crippen molar-refractivity contribution < 1.29 is 4.79 Å². The summed E-state index contributed by atoms with van der Waals surface area (Å²) < 4.78 is 2.08. The van der Waals surface area contributed by atoms with Crippen LogP contribution in [0.15, 0.2) is 29.4 Å². The molecule has 1 aromatic carbocycles. The molecule has 7 heteroatoms. The fourth-order valence-corrected chi connectivity index (χ4v) is 3.75. The number of amides is 1. The van der Waals surface area contributed by atoms with Gasteiger partial charge in [-0.15, -0.1) is 10.2 Å². The molecule has 146 valence electrons. The molecule has 2 heterocycles. The van der Waals surface area contributed by atoms with Gasteiger partial charge in [-0.2, -0.15) is 0 Å². The maximum atomic E-state index is 12.3. The van der Waals surface area contributed by atoms with E-state index in [1.807, 2.05) is 6.92 Å². The third kappa shape index (κ3) is 4.83. The number of benzene rings is 1. The monoisotopic (exact) mass is 387 g/mol. The number of aryl methyl sites for hydroxylation is 1. The molecule has 0 spiro atoms. The zero-order chi connectivity index (χ0) is 19.4. The highest BCUT2D eigenvalue weighted by Crippen LogP contribution is 2.28. The summed E-state index contributed by atoms with van der Waals surface area (Å²) in [6.45, 7) is 10.3. The summed E-state index contributed by atoms with van der Waals surface area (Å²) in [5.41, 5.74) is 2.25. The van der Waals surface area contributed by atoms with Crippen LogP contribution < -0.4 is 10.2 Å². The predicted octanol–water partition coefficient (Wildman–Crippen LogP) is 3.43. The molecular weight excluding hydrogens is 358 g/mol. The van der Waals surface area contributed by atoms with Crippen LogP contribution in [0.25, 0.3) is 5.69 Å². The average Bonchev–Trinajstić information content (AvgIpc) is 3.30. The zero-order valence-electron chi connectivity index (χ0n) is 16.6. The Labute approximate surface area is 165 Å². The predicted molar refractivity (Wildman–Crippen MR) is 111 cm³/mol. The van der Waals surface area contributed by atoms with E-state index in [-0.39, 0.29) is 11.9 Å². The van der Waals surface area contributed by atoms with E-state index in [0.29, 0.717) is 11.7 Å². The molecule has 1 fully saturated rings. The molecule has 1 aliphatic rings. The Balaban J connectivity index is 1.80. The first-order valence-corrected chi connectivity index (χ1v) is 10.6. The second kappa shape index (κ2) is 8.78. The minimum absolute atomic E-state index is 0.0300. The average molecular weight is 388 g/mol. The summed E-state index contributed by atoms with van der Waals surface area (Å²) in [6, 6.07) is 8.52. The highest BCUT2D eigenvalue weighted by atomic mass is 32.2. The Bertz CT molecular complexity index is 765. The van der Waals surface area contributed by atoms with Crippen LogP contribution in [0.4, 0.5) is 5.95 Å². The molecule has 1 saturated heterocycles. The summed E-state index contributed by atoms with van der Waals surface area (Å²) in [7, 11) is 0. The van der Waals surface area contributed by atoms with E-state index < -0.39 is 0 Å². The second-order valence-corrected chi connectivity index (χ2v) is 8.48. The van der Waals surface area contributed by atoms with Crippen LogP contribution in [0.1, 0.15) is 39.2 Å². The van der Waals surface area contributed by atoms with Crippen LogP contribution in [-0.2, 0) is 4.79 Å². The smallest absolute Gasteiger partial charge is 0.232 e. The molecule has 0 radical (unpaired) electrons. The van der Waals surface area contributed by atoms with Gasteiger partial charge in [0.25, 0.3) is 0 Å². The van der Waals surface area contributed by atoms with Crippen molar-refractivity contribution in [2.45, 2.75) is 51.7 Å². The van der Waals surface area contributed by atoms with E-state index in [1.54, 1.807) is 0 Å². The van der Waals surface area contributed by atoms with Gasteiger partial charge in [-0.1, -0.05) is 43.3 Å². The molecule has 1 atom stereocenters. The summed E-state index contributed by atoms with van der Waals surface area (Å²) in [5.74, 6) is 1.65. The van der Waals surface area contributed by atoms with Gasteiger partial charge in [0.05, 0.1) is 11.4 Å². The standard InChI is InChI=1S/C20H29N5OS/c1-14(2)16(4)21-18(26)13-27-20-23-22-19(24-11-5-6-12-24)25(20)17-9-7-15(3)8-10-17/h7-10,14,16H,5-6,11-13H2,1-4H3,(H,21,26)/t16-/m1/s1. The van der Waals surface area contributed by atoms with Crippen LogP contribution in [0, 0.1) is 12.8 Å². The first-order chi connectivity index (χ1) is 13.0. The van der Waals surface area contributed by atoms with E-state index >= 15 is 0 Å². The van der Waals surface area contributed by atoms with E-state index in [0.717, 1.165) is 29.9 Å². The van der Waals surface area contributed by atoms with Gasteiger partial charge in [-0.25, -0.2) is 0 Å². The normalized spacial score (nSPS) is 15.4. The number of hydrogen-bond donors (Lipinski definition) is 1. The molecule has 1 aromatic heterocycles. The topological polar surface area (TPSA) is 63.1 Å². The Morgan fingerprint density at radius 3 is 2.44 bits per heavy atom. The maximum Gasteiger partial charge on any atom is 0.232 e. The largest absolute Gasteiger partial charge is 0.353 e. The van der Waals surface area contributed by atoms with Gasteiger partial charge in [-0.3, -0.25) is 9.36 Å². The molecule has 27 heavy (non-hydrogen) atoms. The van der Waals surface area contributed by atoms with E-state index in [9.17, 15) is 4.79 Å². The number of hydrogen-bond acceptors (Lipinski definition) is 5. The number of carbonyl (C=O) groups excluding carboxylic acids is 1. The number of rotatable bonds is 7. The highest BCUT2D eigenvalue weighted by Gasteiger charge is 2.23. The molecule has 0 unspecified atom stereocenters. The first kappa shape index (κ1) is 19.7. The van der Waals surface area contributed by atoms with Gasteiger partial charge in [0, 0.05) is 19.1 Å². The van der Waals surface area contributed by atoms with Gasteiger partial charge >= 0.3 is 0 Å². The van der Waals surface area contributed by atoms with Crippen LogP contribution in [0.5, 0.6) is 0 Å². The minimum Gasteiger partial charge on any atom is -0.353 e.